The second-order valence-electron chi connectivity index (χ2n) is 6.62. The number of carbonyl (C=O) groups is 1. The molecule has 4 nitrogen and oxygen atoms in total. The van der Waals surface area contributed by atoms with E-state index in [1.165, 1.54) is 25.0 Å². The highest BCUT2D eigenvalue weighted by Crippen LogP contribution is 2.28. The third kappa shape index (κ3) is 3.38. The summed E-state index contributed by atoms with van der Waals surface area (Å²) < 4.78 is 13.3. The Morgan fingerprint density at radius 2 is 2.09 bits per heavy atom. The summed E-state index contributed by atoms with van der Waals surface area (Å²) in [6.45, 7) is 4.08. The first-order valence-electron chi connectivity index (χ1n) is 8.37. The van der Waals surface area contributed by atoms with Crippen LogP contribution >= 0.6 is 0 Å². The molecule has 0 saturated heterocycles. The summed E-state index contributed by atoms with van der Waals surface area (Å²) in [5, 5.41) is 4.02. The van der Waals surface area contributed by atoms with Crippen LogP contribution in [0.1, 0.15) is 51.5 Å². The Labute approximate surface area is 136 Å². The second-order valence-corrected chi connectivity index (χ2v) is 6.62. The SMILES string of the molecule is CC(C)N(C(=O)C1CC(c2cccc(F)c2)=NO1)C1CCCC1. The third-order valence-electron chi connectivity index (χ3n) is 4.63. The van der Waals surface area contributed by atoms with Crippen LogP contribution in [0.2, 0.25) is 0 Å². The van der Waals surface area contributed by atoms with Crippen molar-refractivity contribution in [3.8, 4) is 0 Å². The van der Waals surface area contributed by atoms with E-state index in [1.807, 2.05) is 18.7 Å². The predicted molar refractivity (Wildman–Crippen MR) is 86.7 cm³/mol. The van der Waals surface area contributed by atoms with Gasteiger partial charge in [-0.05, 0) is 38.8 Å². The fraction of sp³-hybridized carbons (Fsp3) is 0.556. The van der Waals surface area contributed by atoms with E-state index >= 15 is 0 Å². The summed E-state index contributed by atoms with van der Waals surface area (Å²) in [4.78, 5) is 20.2. The molecule has 1 aliphatic heterocycles. The Balaban J connectivity index is 1.70. The van der Waals surface area contributed by atoms with Gasteiger partial charge >= 0.3 is 0 Å². The molecule has 1 unspecified atom stereocenters. The maximum atomic E-state index is 13.3. The minimum atomic E-state index is -0.587. The fourth-order valence-electron chi connectivity index (χ4n) is 3.55. The fourth-order valence-corrected chi connectivity index (χ4v) is 3.55. The van der Waals surface area contributed by atoms with Gasteiger partial charge in [-0.3, -0.25) is 4.79 Å². The van der Waals surface area contributed by atoms with Crippen LogP contribution in [0, 0.1) is 5.82 Å². The zero-order chi connectivity index (χ0) is 16.4. The van der Waals surface area contributed by atoms with Crippen LogP contribution in [-0.4, -0.2) is 34.7 Å². The van der Waals surface area contributed by atoms with Gasteiger partial charge in [0.1, 0.15) is 5.82 Å². The van der Waals surface area contributed by atoms with Crippen LogP contribution in [0.15, 0.2) is 29.4 Å². The number of hydrogen-bond acceptors (Lipinski definition) is 3. The molecule has 1 saturated carbocycles. The highest BCUT2D eigenvalue weighted by atomic mass is 19.1. The minimum absolute atomic E-state index is 0.00190. The van der Waals surface area contributed by atoms with Crippen molar-refractivity contribution in [2.75, 3.05) is 0 Å². The van der Waals surface area contributed by atoms with Crippen LogP contribution < -0.4 is 0 Å². The molecule has 1 aliphatic carbocycles. The van der Waals surface area contributed by atoms with Crippen molar-refractivity contribution in [2.45, 2.75) is 64.1 Å². The molecule has 1 atom stereocenters. The van der Waals surface area contributed by atoms with Gasteiger partial charge in [0.25, 0.3) is 5.91 Å². The van der Waals surface area contributed by atoms with Crippen molar-refractivity contribution in [1.82, 2.24) is 4.90 Å². The lowest BCUT2D eigenvalue weighted by atomic mass is 10.0. The largest absolute Gasteiger partial charge is 0.382 e. The lowest BCUT2D eigenvalue weighted by molar-refractivity contribution is -0.146. The second kappa shape index (κ2) is 6.69. The average Bonchev–Trinajstić information content (AvgIpc) is 3.18. The molecule has 23 heavy (non-hydrogen) atoms. The van der Waals surface area contributed by atoms with E-state index < -0.39 is 6.10 Å². The Morgan fingerprint density at radius 1 is 1.35 bits per heavy atom. The van der Waals surface area contributed by atoms with Gasteiger partial charge in [0, 0.05) is 24.1 Å². The quantitative estimate of drug-likeness (QED) is 0.852. The van der Waals surface area contributed by atoms with Gasteiger partial charge in [-0.25, -0.2) is 4.39 Å². The van der Waals surface area contributed by atoms with Gasteiger partial charge in [-0.1, -0.05) is 30.1 Å². The molecule has 1 aromatic carbocycles. The molecule has 0 bridgehead atoms. The normalized spacial score (nSPS) is 21.4. The van der Waals surface area contributed by atoms with E-state index in [0.29, 0.717) is 23.7 Å². The van der Waals surface area contributed by atoms with Crippen LogP contribution in [0.5, 0.6) is 0 Å². The molecule has 0 N–H and O–H groups in total. The number of benzene rings is 1. The Morgan fingerprint density at radius 3 is 2.74 bits per heavy atom. The highest BCUT2D eigenvalue weighted by molar-refractivity contribution is 6.04. The first kappa shape index (κ1) is 16.0. The number of oxime groups is 1. The number of halogens is 1. The molecule has 0 aromatic heterocycles. The minimum Gasteiger partial charge on any atom is -0.382 e. The Hall–Kier alpha value is -1.91. The van der Waals surface area contributed by atoms with Crippen molar-refractivity contribution in [1.29, 1.82) is 0 Å². The molecule has 1 aromatic rings. The zero-order valence-corrected chi connectivity index (χ0v) is 13.7. The van der Waals surface area contributed by atoms with Crippen molar-refractivity contribution in [2.24, 2.45) is 5.16 Å². The molecule has 1 amide bonds. The first-order valence-corrected chi connectivity index (χ1v) is 8.37. The van der Waals surface area contributed by atoms with Crippen molar-refractivity contribution in [3.63, 3.8) is 0 Å². The van der Waals surface area contributed by atoms with E-state index in [-0.39, 0.29) is 17.8 Å². The third-order valence-corrected chi connectivity index (χ3v) is 4.63. The lowest BCUT2D eigenvalue weighted by Crippen LogP contribution is -2.48. The Kier molecular flexibility index (Phi) is 4.64. The average molecular weight is 318 g/mol. The zero-order valence-electron chi connectivity index (χ0n) is 13.7. The summed E-state index contributed by atoms with van der Waals surface area (Å²) in [6.07, 6.45) is 4.30. The number of rotatable bonds is 4. The maximum absolute atomic E-state index is 13.3. The van der Waals surface area contributed by atoms with Gasteiger partial charge in [-0.15, -0.1) is 0 Å². The van der Waals surface area contributed by atoms with E-state index in [1.54, 1.807) is 12.1 Å². The van der Waals surface area contributed by atoms with Crippen LogP contribution in [0.4, 0.5) is 4.39 Å². The van der Waals surface area contributed by atoms with Gasteiger partial charge in [0.05, 0.1) is 5.71 Å². The van der Waals surface area contributed by atoms with Crippen molar-refractivity contribution >= 4 is 11.6 Å². The van der Waals surface area contributed by atoms with Crippen molar-refractivity contribution in [3.05, 3.63) is 35.6 Å². The summed E-state index contributed by atoms with van der Waals surface area (Å²) in [7, 11) is 0. The first-order chi connectivity index (χ1) is 11.1. The summed E-state index contributed by atoms with van der Waals surface area (Å²) >= 11 is 0. The predicted octanol–water partition coefficient (Wildman–Crippen LogP) is 3.50. The van der Waals surface area contributed by atoms with E-state index in [0.717, 1.165) is 12.8 Å². The van der Waals surface area contributed by atoms with Crippen LogP contribution in [0.25, 0.3) is 0 Å². The van der Waals surface area contributed by atoms with Crippen molar-refractivity contribution < 1.29 is 14.0 Å². The van der Waals surface area contributed by atoms with Gasteiger partial charge in [0.2, 0.25) is 6.10 Å². The molecule has 0 radical (unpaired) electrons. The number of carbonyl (C=O) groups excluding carboxylic acids is 1. The monoisotopic (exact) mass is 318 g/mol. The lowest BCUT2D eigenvalue weighted by Gasteiger charge is -2.34. The van der Waals surface area contributed by atoms with Gasteiger partial charge < -0.3 is 9.74 Å². The molecule has 0 spiro atoms. The van der Waals surface area contributed by atoms with Crippen LogP contribution in [0.3, 0.4) is 0 Å². The van der Waals surface area contributed by atoms with Gasteiger partial charge in [0.15, 0.2) is 0 Å². The summed E-state index contributed by atoms with van der Waals surface area (Å²) in [5.41, 5.74) is 1.32. The van der Waals surface area contributed by atoms with Crippen LogP contribution in [-0.2, 0) is 9.63 Å². The van der Waals surface area contributed by atoms with Gasteiger partial charge in [-0.2, -0.15) is 0 Å². The molecule has 3 rings (SSSR count). The molecule has 5 heteroatoms. The summed E-state index contributed by atoms with van der Waals surface area (Å²) in [6, 6.07) is 6.70. The van der Waals surface area contributed by atoms with E-state index in [2.05, 4.69) is 5.16 Å². The van der Waals surface area contributed by atoms with E-state index in [9.17, 15) is 9.18 Å². The van der Waals surface area contributed by atoms with E-state index in [4.69, 9.17) is 4.84 Å². The Bertz CT molecular complexity index is 609. The molecular weight excluding hydrogens is 295 g/mol. The number of amides is 1. The molecule has 124 valence electrons. The standard InChI is InChI=1S/C18H23FN2O2/c1-12(2)21(15-8-3-4-9-15)18(22)17-11-16(20-23-17)13-6-5-7-14(19)10-13/h5-7,10,12,15,17H,3-4,8-9,11H2,1-2H3. The molecular formula is C18H23FN2O2. The smallest absolute Gasteiger partial charge is 0.267 e. The highest BCUT2D eigenvalue weighted by Gasteiger charge is 2.37. The molecule has 2 aliphatic rings. The topological polar surface area (TPSA) is 41.9 Å². The number of hydrogen-bond donors (Lipinski definition) is 0. The molecule has 1 fully saturated rings. The number of nitrogens with zero attached hydrogens (tertiary/aromatic N) is 2. The maximum Gasteiger partial charge on any atom is 0.267 e. The molecule has 1 heterocycles. The summed E-state index contributed by atoms with van der Waals surface area (Å²) in [5.74, 6) is -0.309.